The van der Waals surface area contributed by atoms with Crippen LogP contribution in [0.25, 0.3) is 0 Å². The molecule has 0 radical (unpaired) electrons. The molecular weight excluding hydrogens is 304 g/mol. The number of aromatic nitrogens is 1. The van der Waals surface area contributed by atoms with Crippen LogP contribution in [-0.2, 0) is 9.59 Å². The van der Waals surface area contributed by atoms with Crippen molar-refractivity contribution in [3.63, 3.8) is 0 Å². The van der Waals surface area contributed by atoms with Crippen LogP contribution >= 0.6 is 11.3 Å². The molecule has 2 aliphatic rings. The van der Waals surface area contributed by atoms with Gasteiger partial charge < -0.3 is 10.6 Å². The Balaban J connectivity index is 1.57. The van der Waals surface area contributed by atoms with Crippen LogP contribution in [-0.4, -0.2) is 39.8 Å². The molecule has 0 aromatic carbocycles. The molecule has 1 aliphatic heterocycles. The number of urea groups is 1. The Morgan fingerprint density at radius 2 is 2.14 bits per heavy atom. The summed E-state index contributed by atoms with van der Waals surface area (Å²) in [5.74, 6) is -0.431. The zero-order valence-corrected chi connectivity index (χ0v) is 12.9. The number of anilines is 1. The maximum Gasteiger partial charge on any atom is 0.325 e. The van der Waals surface area contributed by atoms with Crippen molar-refractivity contribution < 1.29 is 14.4 Å². The lowest BCUT2D eigenvalue weighted by Gasteiger charge is -2.30. The van der Waals surface area contributed by atoms with E-state index in [1.54, 1.807) is 11.6 Å². The van der Waals surface area contributed by atoms with Crippen LogP contribution in [0.2, 0.25) is 0 Å². The van der Waals surface area contributed by atoms with Gasteiger partial charge in [0.2, 0.25) is 5.91 Å². The first kappa shape index (κ1) is 15.0. The van der Waals surface area contributed by atoms with Gasteiger partial charge in [0.25, 0.3) is 5.91 Å². The molecule has 1 saturated carbocycles. The van der Waals surface area contributed by atoms with Gasteiger partial charge in [-0.15, -0.1) is 11.3 Å². The number of thiazole rings is 1. The summed E-state index contributed by atoms with van der Waals surface area (Å²) >= 11 is 1.33. The van der Waals surface area contributed by atoms with Gasteiger partial charge in [0, 0.05) is 24.5 Å². The number of nitrogens with zero attached hydrogens (tertiary/aromatic N) is 2. The summed E-state index contributed by atoms with van der Waals surface area (Å²) in [7, 11) is 0. The molecule has 118 valence electrons. The maximum atomic E-state index is 12.5. The number of rotatable bonds is 4. The largest absolute Gasteiger partial charge is 0.325 e. The first-order chi connectivity index (χ1) is 10.6. The summed E-state index contributed by atoms with van der Waals surface area (Å²) in [5.41, 5.74) is -0.721. The topological polar surface area (TPSA) is 91.4 Å². The molecule has 0 bridgehead atoms. The van der Waals surface area contributed by atoms with E-state index in [0.717, 1.165) is 19.3 Å². The molecule has 1 aliphatic carbocycles. The van der Waals surface area contributed by atoms with Gasteiger partial charge in [0.05, 0.1) is 0 Å². The quantitative estimate of drug-likeness (QED) is 0.826. The van der Waals surface area contributed by atoms with E-state index in [1.165, 1.54) is 16.2 Å². The zero-order chi connectivity index (χ0) is 15.6. The van der Waals surface area contributed by atoms with Crippen LogP contribution in [0.1, 0.15) is 38.5 Å². The van der Waals surface area contributed by atoms with Crippen molar-refractivity contribution in [1.29, 1.82) is 0 Å². The highest BCUT2D eigenvalue weighted by atomic mass is 32.1. The van der Waals surface area contributed by atoms with Crippen molar-refractivity contribution in [3.8, 4) is 0 Å². The van der Waals surface area contributed by atoms with Gasteiger partial charge in [-0.25, -0.2) is 9.78 Å². The highest BCUT2D eigenvalue weighted by Crippen LogP contribution is 2.33. The average molecular weight is 322 g/mol. The summed E-state index contributed by atoms with van der Waals surface area (Å²) in [6.45, 7) is 0.101. The van der Waals surface area contributed by atoms with Gasteiger partial charge in [-0.2, -0.15) is 0 Å². The van der Waals surface area contributed by atoms with E-state index in [4.69, 9.17) is 0 Å². The number of hydrogen-bond donors (Lipinski definition) is 2. The third-order valence-electron chi connectivity index (χ3n) is 4.19. The standard InChI is InChI=1S/C14H18N4O3S/c19-10(16-12-15-7-9-22-12)4-8-18-11(20)14(17-13(18)21)5-2-1-3-6-14/h7,9H,1-6,8H2,(H,17,21)(H,15,16,19). The second-order valence-corrected chi connectivity index (χ2v) is 6.56. The Kier molecular flexibility index (Phi) is 4.10. The second kappa shape index (κ2) is 6.04. The molecule has 7 nitrogen and oxygen atoms in total. The average Bonchev–Trinajstić information content (AvgIpc) is 3.07. The second-order valence-electron chi connectivity index (χ2n) is 5.67. The third kappa shape index (κ3) is 2.83. The molecule has 8 heteroatoms. The Labute approximate surface area is 132 Å². The SMILES string of the molecule is O=C(CCN1C(=O)NC2(CCCCC2)C1=O)Nc1nccs1. The number of carbonyl (C=O) groups excluding carboxylic acids is 3. The van der Waals surface area contributed by atoms with Gasteiger partial charge in [0.1, 0.15) is 5.54 Å². The minimum absolute atomic E-state index is 0.0782. The Morgan fingerprint density at radius 1 is 1.36 bits per heavy atom. The van der Waals surface area contributed by atoms with E-state index in [9.17, 15) is 14.4 Å². The Hall–Kier alpha value is -1.96. The lowest BCUT2D eigenvalue weighted by molar-refractivity contribution is -0.132. The molecule has 1 spiro atoms. The summed E-state index contributed by atoms with van der Waals surface area (Å²) in [5, 5.41) is 7.76. The first-order valence-electron chi connectivity index (χ1n) is 7.44. The van der Waals surface area contributed by atoms with Crippen molar-refractivity contribution >= 4 is 34.3 Å². The monoisotopic (exact) mass is 322 g/mol. The van der Waals surface area contributed by atoms with E-state index in [-0.39, 0.29) is 30.8 Å². The molecule has 1 saturated heterocycles. The maximum absolute atomic E-state index is 12.5. The third-order valence-corrected chi connectivity index (χ3v) is 4.88. The summed E-state index contributed by atoms with van der Waals surface area (Å²) in [6, 6.07) is -0.381. The number of imide groups is 1. The molecule has 0 atom stereocenters. The van der Waals surface area contributed by atoms with Crippen molar-refractivity contribution in [2.45, 2.75) is 44.1 Å². The minimum Gasteiger partial charge on any atom is -0.323 e. The molecular formula is C14H18N4O3S. The van der Waals surface area contributed by atoms with Gasteiger partial charge in [-0.3, -0.25) is 14.5 Å². The number of carbonyl (C=O) groups is 3. The number of hydrogen-bond acceptors (Lipinski definition) is 5. The molecule has 1 aromatic rings. The fraction of sp³-hybridized carbons (Fsp3) is 0.571. The van der Waals surface area contributed by atoms with Crippen molar-refractivity contribution in [1.82, 2.24) is 15.2 Å². The Bertz CT molecular complexity index is 581. The fourth-order valence-corrected chi connectivity index (χ4v) is 3.60. The van der Waals surface area contributed by atoms with Crippen LogP contribution in [0.3, 0.4) is 0 Å². The van der Waals surface area contributed by atoms with E-state index in [1.807, 2.05) is 0 Å². The van der Waals surface area contributed by atoms with Crippen molar-refractivity contribution in [3.05, 3.63) is 11.6 Å². The van der Waals surface area contributed by atoms with Gasteiger partial charge in [-0.05, 0) is 12.8 Å². The predicted molar refractivity (Wildman–Crippen MR) is 81.4 cm³/mol. The van der Waals surface area contributed by atoms with E-state index >= 15 is 0 Å². The molecule has 0 unspecified atom stereocenters. The fourth-order valence-electron chi connectivity index (χ4n) is 3.05. The smallest absolute Gasteiger partial charge is 0.323 e. The molecule has 4 amide bonds. The van der Waals surface area contributed by atoms with Crippen molar-refractivity contribution in [2.75, 3.05) is 11.9 Å². The highest BCUT2D eigenvalue weighted by Gasteiger charge is 2.50. The van der Waals surface area contributed by atoms with Crippen LogP contribution in [0.15, 0.2) is 11.6 Å². The molecule has 2 N–H and O–H groups in total. The minimum atomic E-state index is -0.721. The number of amides is 4. The van der Waals surface area contributed by atoms with Gasteiger partial charge >= 0.3 is 6.03 Å². The highest BCUT2D eigenvalue weighted by molar-refractivity contribution is 7.13. The zero-order valence-electron chi connectivity index (χ0n) is 12.1. The van der Waals surface area contributed by atoms with Gasteiger partial charge in [0.15, 0.2) is 5.13 Å². The lowest BCUT2D eigenvalue weighted by Crippen LogP contribution is -2.48. The van der Waals surface area contributed by atoms with Crippen LogP contribution in [0.4, 0.5) is 9.93 Å². The van der Waals surface area contributed by atoms with E-state index in [0.29, 0.717) is 18.0 Å². The molecule has 1 aromatic heterocycles. The Morgan fingerprint density at radius 3 is 2.82 bits per heavy atom. The van der Waals surface area contributed by atoms with Crippen LogP contribution < -0.4 is 10.6 Å². The van der Waals surface area contributed by atoms with Gasteiger partial charge in [-0.1, -0.05) is 19.3 Å². The molecule has 2 heterocycles. The summed E-state index contributed by atoms with van der Waals surface area (Å²) in [4.78, 5) is 41.5. The van der Waals surface area contributed by atoms with Crippen LogP contribution in [0, 0.1) is 0 Å². The van der Waals surface area contributed by atoms with Crippen LogP contribution in [0.5, 0.6) is 0 Å². The first-order valence-corrected chi connectivity index (χ1v) is 8.32. The van der Waals surface area contributed by atoms with E-state index < -0.39 is 5.54 Å². The molecule has 22 heavy (non-hydrogen) atoms. The van der Waals surface area contributed by atoms with Crippen molar-refractivity contribution in [2.24, 2.45) is 0 Å². The summed E-state index contributed by atoms with van der Waals surface area (Å²) < 4.78 is 0. The normalized spacial score (nSPS) is 20.3. The predicted octanol–water partition coefficient (Wildman–Crippen LogP) is 1.73. The van der Waals surface area contributed by atoms with E-state index in [2.05, 4.69) is 15.6 Å². The molecule has 2 fully saturated rings. The summed E-state index contributed by atoms with van der Waals surface area (Å²) in [6.07, 6.45) is 6.06. The lowest BCUT2D eigenvalue weighted by atomic mass is 9.82. The molecule has 3 rings (SSSR count). The number of nitrogens with one attached hydrogen (secondary N) is 2.